The van der Waals surface area contributed by atoms with Crippen LogP contribution < -0.4 is 0 Å². The highest BCUT2D eigenvalue weighted by atomic mass is 14.2. The van der Waals surface area contributed by atoms with Crippen molar-refractivity contribution in [2.24, 2.45) is 0 Å². The van der Waals surface area contributed by atoms with Crippen LogP contribution in [0.25, 0.3) is 76.8 Å². The molecule has 0 saturated carbocycles. The third kappa shape index (κ3) is 4.00. The van der Waals surface area contributed by atoms with Crippen LogP contribution in [0.2, 0.25) is 0 Å². The Morgan fingerprint density at radius 2 is 0.738 bits per heavy atom. The van der Waals surface area contributed by atoms with Crippen molar-refractivity contribution in [1.29, 1.82) is 0 Å². The van der Waals surface area contributed by atoms with E-state index in [0.717, 1.165) is 0 Å². The Balaban J connectivity index is 1.51. The van der Waals surface area contributed by atoms with Crippen LogP contribution in [0.3, 0.4) is 0 Å². The van der Waals surface area contributed by atoms with E-state index < -0.39 is 0 Å². The van der Waals surface area contributed by atoms with Gasteiger partial charge in [0.1, 0.15) is 0 Å². The molecular formula is C42H28. The molecule has 0 unspecified atom stereocenters. The summed E-state index contributed by atoms with van der Waals surface area (Å²) in [5, 5.41) is 7.59. The van der Waals surface area contributed by atoms with Crippen LogP contribution in [0.1, 0.15) is 0 Å². The van der Waals surface area contributed by atoms with E-state index in [0.29, 0.717) is 0 Å². The zero-order valence-corrected chi connectivity index (χ0v) is 23.2. The van der Waals surface area contributed by atoms with Gasteiger partial charge < -0.3 is 0 Å². The van der Waals surface area contributed by atoms with Gasteiger partial charge in [-0.05, 0) is 82.9 Å². The average Bonchev–Trinajstić information content (AvgIpc) is 3.07. The molecule has 0 atom stereocenters. The molecule has 0 aromatic heterocycles. The van der Waals surface area contributed by atoms with Crippen molar-refractivity contribution in [3.8, 4) is 44.5 Å². The molecule has 8 aromatic rings. The highest BCUT2D eigenvalue weighted by Gasteiger charge is 2.21. The van der Waals surface area contributed by atoms with Gasteiger partial charge >= 0.3 is 0 Å². The lowest BCUT2D eigenvalue weighted by atomic mass is 9.81. The monoisotopic (exact) mass is 532 g/mol. The van der Waals surface area contributed by atoms with Gasteiger partial charge in [-0.3, -0.25) is 0 Å². The molecule has 0 spiro atoms. The molecule has 0 aliphatic carbocycles. The molecule has 0 amide bonds. The Bertz CT molecular complexity index is 2170. The van der Waals surface area contributed by atoms with Gasteiger partial charge in [0, 0.05) is 0 Å². The third-order valence-corrected chi connectivity index (χ3v) is 8.45. The predicted molar refractivity (Wildman–Crippen MR) is 181 cm³/mol. The topological polar surface area (TPSA) is 0 Å². The molecule has 0 bridgehead atoms. The second-order valence-electron chi connectivity index (χ2n) is 10.9. The number of hydrogen-bond donors (Lipinski definition) is 0. The lowest BCUT2D eigenvalue weighted by Gasteiger charge is -2.21. The van der Waals surface area contributed by atoms with E-state index >= 15 is 0 Å². The molecule has 0 nitrogen and oxygen atoms in total. The summed E-state index contributed by atoms with van der Waals surface area (Å²) in [7, 11) is 0. The molecule has 0 aliphatic heterocycles. The molecule has 0 heterocycles. The first kappa shape index (κ1) is 24.3. The van der Waals surface area contributed by atoms with Crippen LogP contribution >= 0.6 is 0 Å². The van der Waals surface area contributed by atoms with Gasteiger partial charge in [-0.2, -0.15) is 0 Å². The van der Waals surface area contributed by atoms with Crippen molar-refractivity contribution in [2.75, 3.05) is 0 Å². The van der Waals surface area contributed by atoms with Gasteiger partial charge in [0.25, 0.3) is 0 Å². The maximum atomic E-state index is 2.34. The lowest BCUT2D eigenvalue weighted by molar-refractivity contribution is 1.57. The molecular weight excluding hydrogens is 504 g/mol. The van der Waals surface area contributed by atoms with Crippen molar-refractivity contribution in [1.82, 2.24) is 0 Å². The standard InChI is InChI=1S/C42H28/c1-3-15-30(16-4-1)34-24-13-25-39(40(34)31-17-5-2-6-18-31)42-37-22-11-9-20-35(37)41(36-21-10-12-23-38(36)42)33-27-26-29-14-7-8-19-32(29)28-33/h1-28H. The summed E-state index contributed by atoms with van der Waals surface area (Å²) in [5.41, 5.74) is 10.0. The van der Waals surface area contributed by atoms with Crippen molar-refractivity contribution in [3.05, 3.63) is 170 Å². The van der Waals surface area contributed by atoms with Gasteiger partial charge in [-0.25, -0.2) is 0 Å². The van der Waals surface area contributed by atoms with E-state index in [-0.39, 0.29) is 0 Å². The number of fused-ring (bicyclic) bond motifs is 3. The van der Waals surface area contributed by atoms with Crippen LogP contribution in [-0.4, -0.2) is 0 Å². The number of hydrogen-bond acceptors (Lipinski definition) is 0. The highest BCUT2D eigenvalue weighted by Crippen LogP contribution is 2.48. The van der Waals surface area contributed by atoms with Gasteiger partial charge in [-0.15, -0.1) is 0 Å². The number of benzene rings is 8. The summed E-state index contributed by atoms with van der Waals surface area (Å²) >= 11 is 0. The maximum absolute atomic E-state index is 2.34. The minimum absolute atomic E-state index is 1.22. The van der Waals surface area contributed by atoms with Crippen molar-refractivity contribution in [2.45, 2.75) is 0 Å². The Kier molecular flexibility index (Phi) is 5.90. The number of rotatable bonds is 4. The summed E-state index contributed by atoms with van der Waals surface area (Å²) in [6.45, 7) is 0. The van der Waals surface area contributed by atoms with Crippen LogP contribution in [0.4, 0.5) is 0 Å². The zero-order chi connectivity index (χ0) is 27.9. The molecule has 0 aliphatic rings. The first-order chi connectivity index (χ1) is 20.9. The fourth-order valence-electron chi connectivity index (χ4n) is 6.61. The van der Waals surface area contributed by atoms with E-state index in [2.05, 4.69) is 170 Å². The molecule has 0 radical (unpaired) electrons. The van der Waals surface area contributed by atoms with Crippen LogP contribution in [0.5, 0.6) is 0 Å². The summed E-state index contributed by atoms with van der Waals surface area (Å²) in [5.74, 6) is 0. The van der Waals surface area contributed by atoms with Crippen molar-refractivity contribution >= 4 is 32.3 Å². The summed E-state index contributed by atoms with van der Waals surface area (Å²) in [6, 6.07) is 61.7. The minimum Gasteiger partial charge on any atom is -0.0622 e. The molecule has 0 heteroatoms. The molecule has 0 saturated heterocycles. The molecule has 0 N–H and O–H groups in total. The van der Waals surface area contributed by atoms with E-state index in [4.69, 9.17) is 0 Å². The van der Waals surface area contributed by atoms with Gasteiger partial charge in [0.05, 0.1) is 0 Å². The fourth-order valence-corrected chi connectivity index (χ4v) is 6.61. The van der Waals surface area contributed by atoms with Crippen LogP contribution in [0, 0.1) is 0 Å². The van der Waals surface area contributed by atoms with Crippen molar-refractivity contribution in [3.63, 3.8) is 0 Å². The first-order valence-corrected chi connectivity index (χ1v) is 14.5. The molecule has 8 rings (SSSR count). The van der Waals surface area contributed by atoms with Crippen LogP contribution in [-0.2, 0) is 0 Å². The largest absolute Gasteiger partial charge is 0.0622 e. The predicted octanol–water partition coefficient (Wildman–Crippen LogP) is 11.8. The minimum atomic E-state index is 1.22. The van der Waals surface area contributed by atoms with Gasteiger partial charge in [-0.1, -0.05) is 164 Å². The second kappa shape index (κ2) is 10.2. The van der Waals surface area contributed by atoms with Crippen molar-refractivity contribution < 1.29 is 0 Å². The molecule has 8 aromatic carbocycles. The van der Waals surface area contributed by atoms with Gasteiger partial charge in [0.15, 0.2) is 0 Å². The quantitative estimate of drug-likeness (QED) is 0.198. The Morgan fingerprint density at radius 3 is 1.38 bits per heavy atom. The van der Waals surface area contributed by atoms with E-state index in [1.165, 1.54) is 76.8 Å². The first-order valence-electron chi connectivity index (χ1n) is 14.5. The normalized spacial score (nSPS) is 11.3. The molecule has 0 fully saturated rings. The van der Waals surface area contributed by atoms with E-state index in [9.17, 15) is 0 Å². The van der Waals surface area contributed by atoms with E-state index in [1.807, 2.05) is 0 Å². The third-order valence-electron chi connectivity index (χ3n) is 8.45. The molecule has 42 heavy (non-hydrogen) atoms. The average molecular weight is 533 g/mol. The highest BCUT2D eigenvalue weighted by molar-refractivity contribution is 6.23. The fraction of sp³-hybridized carbons (Fsp3) is 0. The summed E-state index contributed by atoms with van der Waals surface area (Å²) < 4.78 is 0. The maximum Gasteiger partial charge on any atom is -0.00199 e. The van der Waals surface area contributed by atoms with Crippen LogP contribution in [0.15, 0.2) is 170 Å². The Hall–Kier alpha value is -5.46. The summed E-state index contributed by atoms with van der Waals surface area (Å²) in [4.78, 5) is 0. The smallest absolute Gasteiger partial charge is 0.00199 e. The SMILES string of the molecule is c1ccc(-c2cccc(-c3c4ccccc4c(-c4ccc5ccccc5c4)c4ccccc34)c2-c2ccccc2)cc1. The second-order valence-corrected chi connectivity index (χ2v) is 10.9. The van der Waals surface area contributed by atoms with E-state index in [1.54, 1.807) is 0 Å². The Morgan fingerprint density at radius 1 is 0.238 bits per heavy atom. The van der Waals surface area contributed by atoms with Gasteiger partial charge in [0.2, 0.25) is 0 Å². The molecule has 196 valence electrons. The zero-order valence-electron chi connectivity index (χ0n) is 23.2. The Labute approximate surface area is 246 Å². The summed E-state index contributed by atoms with van der Waals surface area (Å²) in [6.07, 6.45) is 0. The lowest BCUT2D eigenvalue weighted by Crippen LogP contribution is -1.94.